The number of carbonyl (C=O) groups is 1. The number of alkyl halides is 3. The summed E-state index contributed by atoms with van der Waals surface area (Å²) in [5.74, 6) is -2.48. The number of hydrogen-bond donors (Lipinski definition) is 1. The van der Waals surface area contributed by atoms with Crippen molar-refractivity contribution in [1.82, 2.24) is 4.90 Å². The third kappa shape index (κ3) is 6.72. The van der Waals surface area contributed by atoms with Crippen LogP contribution in [0.5, 0.6) is 0 Å². The van der Waals surface area contributed by atoms with Crippen molar-refractivity contribution in [2.45, 2.75) is 77.3 Å². The van der Waals surface area contributed by atoms with Crippen LogP contribution in [-0.2, 0) is 35.2 Å². The molecule has 1 saturated heterocycles. The van der Waals surface area contributed by atoms with Crippen LogP contribution in [-0.4, -0.2) is 34.8 Å². The summed E-state index contributed by atoms with van der Waals surface area (Å²) in [7, 11) is 0. The normalized spacial score (nSPS) is 24.7. The van der Waals surface area contributed by atoms with Crippen LogP contribution in [0, 0.1) is 5.92 Å². The van der Waals surface area contributed by atoms with Crippen molar-refractivity contribution in [3.05, 3.63) is 69.8 Å². The average Bonchev–Trinajstić information content (AvgIpc) is 2.94. The van der Waals surface area contributed by atoms with Crippen LogP contribution in [0.15, 0.2) is 41.6 Å². The molecule has 2 aliphatic rings. The predicted octanol–water partition coefficient (Wildman–Crippen LogP) is 6.77. The highest BCUT2D eigenvalue weighted by molar-refractivity contribution is 5.98. The van der Waals surface area contributed by atoms with Gasteiger partial charge in [-0.2, -0.15) is 13.2 Å². The van der Waals surface area contributed by atoms with Gasteiger partial charge in [0.1, 0.15) is 6.56 Å². The highest BCUT2D eigenvalue weighted by Gasteiger charge is 2.36. The molecule has 0 spiro atoms. The van der Waals surface area contributed by atoms with E-state index in [2.05, 4.69) is 5.16 Å². The van der Waals surface area contributed by atoms with Gasteiger partial charge in [-0.15, -0.1) is 0 Å². The first-order valence-electron chi connectivity index (χ1n) is 17.9. The molecule has 0 radical (unpaired) electrons. The highest BCUT2D eigenvalue weighted by atomic mass is 19.4. The summed E-state index contributed by atoms with van der Waals surface area (Å²) in [4.78, 5) is 17.3. The molecule has 1 N–H and O–H groups in total. The van der Waals surface area contributed by atoms with E-state index in [0.717, 1.165) is 48.4 Å². The lowest BCUT2D eigenvalue weighted by molar-refractivity contribution is -0.147. The molecule has 0 unspecified atom stereocenters. The summed E-state index contributed by atoms with van der Waals surface area (Å²) in [5, 5.41) is 12.7. The topological polar surface area (TPSA) is 62.1 Å². The minimum Gasteiger partial charge on any atom is -0.481 e. The van der Waals surface area contributed by atoms with Crippen molar-refractivity contribution >= 4 is 11.7 Å². The maximum Gasteiger partial charge on any atom is 0.416 e. The maximum absolute atomic E-state index is 14.1. The zero-order chi connectivity index (χ0) is 37.0. The quantitative estimate of drug-likeness (QED) is 0.288. The van der Waals surface area contributed by atoms with Gasteiger partial charge in [-0.1, -0.05) is 55.5 Å². The first-order valence-corrected chi connectivity index (χ1v) is 11.9. The molecule has 1 aliphatic carbocycles. The summed E-state index contributed by atoms with van der Waals surface area (Å²) in [5.41, 5.74) is -4.49. The number of aliphatic carboxylic acids is 1. The fourth-order valence-electron chi connectivity index (χ4n) is 4.60. The molecule has 1 aliphatic heterocycles. The Kier molecular flexibility index (Phi) is 4.90. The number of carboxylic acid groups (broad SMARTS) is 1. The van der Waals surface area contributed by atoms with Gasteiger partial charge < -0.3 is 9.94 Å². The zero-order valence-electron chi connectivity index (χ0n) is 31.9. The van der Waals surface area contributed by atoms with Crippen LogP contribution in [0.25, 0.3) is 0 Å². The molecule has 8 heteroatoms. The maximum atomic E-state index is 14.1. The molecule has 2 fully saturated rings. The molecule has 4 rings (SSSR count). The van der Waals surface area contributed by atoms with Gasteiger partial charge >= 0.3 is 12.1 Å². The number of carboxylic acids is 1. The van der Waals surface area contributed by atoms with E-state index in [1.165, 1.54) is 6.07 Å². The molecule has 0 aromatic heterocycles. The summed E-state index contributed by atoms with van der Waals surface area (Å²) in [6.45, 7) is -12.9. The van der Waals surface area contributed by atoms with Gasteiger partial charge in [0.25, 0.3) is 0 Å². The van der Waals surface area contributed by atoms with E-state index in [9.17, 15) is 23.1 Å². The number of hydrogen-bond acceptors (Lipinski definition) is 4. The molecular weight excluding hydrogens is 481 g/mol. The SMILES string of the molecule is [2H]C([2H])([2H])/C(=N\OC([2H])([2H])c1ccc(C2CCCCC2)c(C(F)(F)F)c1)c1ccc(C([2H])([2H])N2CC(C(=O)O)C2)c(C([2H])([2H])C([2H])([2H])[2H])c1. The smallest absolute Gasteiger partial charge is 0.416 e. The number of nitrogens with zero attached hydrogens (tertiary/aromatic N) is 2. The van der Waals surface area contributed by atoms with Crippen molar-refractivity contribution in [1.29, 1.82) is 0 Å². The van der Waals surface area contributed by atoms with E-state index in [1.807, 2.05) is 0 Å². The van der Waals surface area contributed by atoms with Crippen LogP contribution in [0.2, 0.25) is 0 Å². The second kappa shape index (κ2) is 11.7. The summed E-state index contributed by atoms with van der Waals surface area (Å²) in [6, 6.07) is 5.52. The third-order valence-electron chi connectivity index (χ3n) is 6.64. The minimum absolute atomic E-state index is 0.0196. The Bertz CT molecular complexity index is 1580. The van der Waals surface area contributed by atoms with Crippen LogP contribution >= 0.6 is 0 Å². The van der Waals surface area contributed by atoms with Gasteiger partial charge in [0.15, 0.2) is 0 Å². The van der Waals surface area contributed by atoms with E-state index in [4.69, 9.17) is 21.3 Å². The average molecular weight is 529 g/mol. The van der Waals surface area contributed by atoms with E-state index in [-0.39, 0.29) is 24.6 Å². The van der Waals surface area contributed by atoms with Gasteiger partial charge in [0.2, 0.25) is 0 Å². The molecule has 1 saturated carbocycles. The van der Waals surface area contributed by atoms with Gasteiger partial charge in [0, 0.05) is 33.3 Å². The molecule has 0 bridgehead atoms. The van der Waals surface area contributed by atoms with E-state index >= 15 is 0 Å². The molecule has 2 aromatic carbocycles. The first kappa shape index (κ1) is 15.5. The molecule has 200 valence electrons. The van der Waals surface area contributed by atoms with Crippen molar-refractivity contribution < 1.29 is 44.4 Å². The second-order valence-electron chi connectivity index (χ2n) is 9.21. The Labute approximate surface area is 233 Å². The third-order valence-corrected chi connectivity index (χ3v) is 6.64. The molecular formula is C29H35F3N2O3. The van der Waals surface area contributed by atoms with Crippen molar-refractivity contribution in [2.75, 3.05) is 13.1 Å². The van der Waals surface area contributed by atoms with Gasteiger partial charge in [-0.25, -0.2) is 0 Å². The molecule has 2 aromatic rings. The Morgan fingerprint density at radius 3 is 2.62 bits per heavy atom. The van der Waals surface area contributed by atoms with Crippen LogP contribution in [0.3, 0.4) is 0 Å². The Hall–Kier alpha value is -2.87. The van der Waals surface area contributed by atoms with Gasteiger partial charge in [-0.05, 0) is 71.9 Å². The van der Waals surface area contributed by atoms with Gasteiger partial charge in [0.05, 0.1) is 19.9 Å². The summed E-state index contributed by atoms with van der Waals surface area (Å²) in [6.07, 6.45) is -4.62. The Morgan fingerprint density at radius 2 is 1.95 bits per heavy atom. The lowest BCUT2D eigenvalue weighted by Gasteiger charge is -2.37. The summed E-state index contributed by atoms with van der Waals surface area (Å²) >= 11 is 0. The van der Waals surface area contributed by atoms with Crippen LogP contribution in [0.4, 0.5) is 13.2 Å². The van der Waals surface area contributed by atoms with Crippen LogP contribution < -0.4 is 0 Å². The fourth-order valence-corrected chi connectivity index (χ4v) is 4.60. The molecule has 0 amide bonds. The van der Waals surface area contributed by atoms with Crippen molar-refractivity contribution in [2.24, 2.45) is 11.1 Å². The number of aryl methyl sites for hydroxylation is 1. The summed E-state index contributed by atoms with van der Waals surface area (Å²) < 4.78 is 141. The Balaban J connectivity index is 1.77. The van der Waals surface area contributed by atoms with Crippen molar-refractivity contribution in [3.63, 3.8) is 0 Å². The fraction of sp³-hybridized carbons (Fsp3) is 0.517. The second-order valence-corrected chi connectivity index (χ2v) is 9.21. The lowest BCUT2D eigenvalue weighted by Crippen LogP contribution is -2.49. The predicted molar refractivity (Wildman–Crippen MR) is 136 cm³/mol. The number of oxime groups is 1. The molecule has 1 heterocycles. The highest BCUT2D eigenvalue weighted by Crippen LogP contribution is 2.41. The van der Waals surface area contributed by atoms with E-state index < -0.39 is 84.7 Å². The largest absolute Gasteiger partial charge is 0.481 e. The number of benzene rings is 2. The molecule has 5 nitrogen and oxygen atoms in total. The lowest BCUT2D eigenvalue weighted by atomic mass is 9.81. The first-order chi connectivity index (χ1) is 22.3. The standard InChI is InChI=1S/C29H35F3N2O3/c1-3-21-14-23(10-11-24(21)15-34-16-25(17-34)28(35)36)19(2)33-37-18-20-9-12-26(22-7-5-4-6-8-22)27(13-20)29(30,31)32/h9-14,22,25H,3-8,15-18H2,1-2H3,(H,35,36)/b33-19+/i1D3,2D3,3D2,15D2,18D2. The monoisotopic (exact) mass is 528 g/mol. The number of rotatable bonds is 9. The number of likely N-dealkylation sites (tertiary alicyclic amines) is 1. The van der Waals surface area contributed by atoms with Gasteiger partial charge in [-0.3, -0.25) is 9.69 Å². The minimum atomic E-state index is -4.83. The van der Waals surface area contributed by atoms with Crippen LogP contribution in [0.1, 0.15) is 102 Å². The van der Waals surface area contributed by atoms with E-state index in [0.29, 0.717) is 18.9 Å². The zero-order valence-corrected chi connectivity index (χ0v) is 19.9. The molecule has 37 heavy (non-hydrogen) atoms. The Morgan fingerprint density at radius 1 is 1.16 bits per heavy atom. The van der Waals surface area contributed by atoms with E-state index in [1.54, 1.807) is 0 Å². The molecule has 0 atom stereocenters. The number of halogens is 3. The van der Waals surface area contributed by atoms with Crippen molar-refractivity contribution in [3.8, 4) is 0 Å².